The van der Waals surface area contributed by atoms with Gasteiger partial charge in [-0.1, -0.05) is 19.7 Å². The normalized spacial score (nSPS) is 17.2. The Morgan fingerprint density at radius 2 is 1.00 bits per heavy atom. The first-order valence-corrected chi connectivity index (χ1v) is 30.4. The van der Waals surface area contributed by atoms with Gasteiger partial charge in [-0.3, -0.25) is 14.4 Å². The molecule has 0 unspecified atom stereocenters. The van der Waals surface area contributed by atoms with Crippen molar-refractivity contribution < 1.29 is 14.4 Å². The summed E-state index contributed by atoms with van der Waals surface area (Å²) in [5.74, 6) is 5.60. The fraction of sp³-hybridized carbons (Fsp3) is 0.194. The van der Waals surface area contributed by atoms with Crippen LogP contribution in [0.3, 0.4) is 0 Å². The third-order valence-corrected chi connectivity index (χ3v) is 16.1. The molecule has 0 spiro atoms. The Hall–Kier alpha value is -12.8. The fourth-order valence-electron chi connectivity index (χ4n) is 10.5. The number of hydrogen-bond donors (Lipinski definition) is 8. The van der Waals surface area contributed by atoms with E-state index in [0.717, 1.165) is 101 Å². The minimum atomic E-state index is -0.0685. The summed E-state index contributed by atoms with van der Waals surface area (Å²) < 4.78 is 7.23. The van der Waals surface area contributed by atoms with Gasteiger partial charge in [0.05, 0.1) is 73.3 Å². The molecule has 0 atom stereocenters. The molecule has 94 heavy (non-hydrogen) atoms. The molecule has 10 aromatic rings. The van der Waals surface area contributed by atoms with Gasteiger partial charge in [0, 0.05) is 101 Å². The molecular formula is C67H60N24O3. The Labute approximate surface area is 537 Å². The van der Waals surface area contributed by atoms with Crippen molar-refractivity contribution in [3.63, 3.8) is 0 Å². The number of nitriles is 2. The summed E-state index contributed by atoms with van der Waals surface area (Å²) in [4.78, 5) is 64.1. The maximum Gasteiger partial charge on any atom is 0.231 e. The van der Waals surface area contributed by atoms with Gasteiger partial charge in [0.2, 0.25) is 17.7 Å². The van der Waals surface area contributed by atoms with Gasteiger partial charge in [0.25, 0.3) is 0 Å². The quantitative estimate of drug-likeness (QED) is 0.0446. The molecule has 0 radical (unpaired) electrons. The molecule has 3 saturated heterocycles. The lowest BCUT2D eigenvalue weighted by Gasteiger charge is -2.12. The number of hydrogen-bond acceptors (Lipinski definition) is 20. The number of benzene rings is 1. The van der Waals surface area contributed by atoms with Gasteiger partial charge in [-0.25, -0.2) is 29.9 Å². The number of imidazole rings is 1. The van der Waals surface area contributed by atoms with E-state index in [1.165, 1.54) is 6.20 Å². The number of anilines is 9. The topological polar surface area (TPSA) is 332 Å². The van der Waals surface area contributed by atoms with Crippen LogP contribution in [0.15, 0.2) is 170 Å². The van der Waals surface area contributed by atoms with Crippen LogP contribution in [-0.2, 0) is 14.4 Å². The number of aromatic nitrogens is 13. The first kappa shape index (κ1) is 58.9. The minimum Gasteiger partial charge on any atom is -0.367 e. The van der Waals surface area contributed by atoms with Crippen LogP contribution in [0.2, 0.25) is 0 Å². The summed E-state index contributed by atoms with van der Waals surface area (Å²) in [6.45, 7) is 11.8. The summed E-state index contributed by atoms with van der Waals surface area (Å²) in [6.07, 6.45) is 27.3. The average molecular weight is 1250 g/mol. The predicted octanol–water partition coefficient (Wildman–Crippen LogP) is 9.45. The summed E-state index contributed by atoms with van der Waals surface area (Å²) >= 11 is 0. The Balaban J connectivity index is 0.000000122. The number of carbonyl (C=O) groups excluding carboxylic acids is 3. The van der Waals surface area contributed by atoms with Crippen molar-refractivity contribution in [1.82, 2.24) is 78.8 Å². The molecule has 0 bridgehead atoms. The van der Waals surface area contributed by atoms with Gasteiger partial charge < -0.3 is 52.0 Å². The van der Waals surface area contributed by atoms with Crippen LogP contribution in [0.5, 0.6) is 0 Å². The average Bonchev–Trinajstić information content (AvgIpc) is 1.62. The second-order valence-corrected chi connectivity index (χ2v) is 23.3. The highest BCUT2D eigenvalue weighted by atomic mass is 16.2. The number of likely N-dealkylation sites (tertiary alicyclic amines) is 1. The number of fused-ring (bicyclic) bond motifs is 3. The van der Waals surface area contributed by atoms with E-state index in [-0.39, 0.29) is 24.1 Å². The Bertz CT molecular complexity index is 4890. The van der Waals surface area contributed by atoms with E-state index >= 15 is 0 Å². The van der Waals surface area contributed by atoms with Crippen LogP contribution in [0.4, 0.5) is 52.2 Å². The van der Waals surface area contributed by atoms with Crippen LogP contribution in [0.25, 0.3) is 40.9 Å². The van der Waals surface area contributed by atoms with Crippen LogP contribution in [-0.4, -0.2) is 111 Å². The van der Waals surface area contributed by atoms with Gasteiger partial charge in [-0.05, 0) is 122 Å². The van der Waals surface area contributed by atoms with Crippen LogP contribution in [0, 0.1) is 22.7 Å². The second-order valence-electron chi connectivity index (χ2n) is 23.3. The van der Waals surface area contributed by atoms with E-state index in [1.807, 2.05) is 71.5 Å². The van der Waals surface area contributed by atoms with Crippen molar-refractivity contribution in [2.24, 2.45) is 0 Å². The Morgan fingerprint density at radius 1 is 0.543 bits per heavy atom. The molecule has 6 fully saturated rings. The van der Waals surface area contributed by atoms with E-state index < -0.39 is 0 Å². The maximum atomic E-state index is 12.0. The molecule has 3 amide bonds. The Morgan fingerprint density at radius 3 is 1.38 bits per heavy atom. The highest BCUT2D eigenvalue weighted by Crippen LogP contribution is 2.35. The number of nitrogens with zero attached hydrogens (tertiary/aromatic N) is 16. The number of nitrogens with one attached hydrogen (secondary N) is 8. The van der Waals surface area contributed by atoms with E-state index in [1.54, 1.807) is 87.1 Å². The first-order chi connectivity index (χ1) is 45.7. The zero-order valence-electron chi connectivity index (χ0n) is 50.8. The lowest BCUT2D eigenvalue weighted by molar-refractivity contribution is -0.125. The van der Waals surface area contributed by atoms with Crippen molar-refractivity contribution in [1.29, 1.82) is 10.5 Å². The number of pyridine rings is 2. The smallest absolute Gasteiger partial charge is 0.231 e. The maximum absolute atomic E-state index is 12.0. The Kier molecular flexibility index (Phi) is 15.6. The van der Waals surface area contributed by atoms with Gasteiger partial charge in [0.15, 0.2) is 16.9 Å². The van der Waals surface area contributed by atoms with Gasteiger partial charge >= 0.3 is 0 Å². The monoisotopic (exact) mass is 1250 g/mol. The third-order valence-electron chi connectivity index (χ3n) is 16.1. The second kappa shape index (κ2) is 24.9. The molecule has 27 nitrogen and oxygen atoms in total. The lowest BCUT2D eigenvalue weighted by atomic mass is 10.1. The minimum absolute atomic E-state index is 0.0277. The summed E-state index contributed by atoms with van der Waals surface area (Å²) in [5, 5.41) is 57.3. The van der Waals surface area contributed by atoms with E-state index in [9.17, 15) is 14.4 Å². The van der Waals surface area contributed by atoms with E-state index in [0.29, 0.717) is 105 Å². The lowest BCUT2D eigenvalue weighted by Crippen LogP contribution is -2.16. The molecule has 12 heterocycles. The van der Waals surface area contributed by atoms with Gasteiger partial charge in [-0.2, -0.15) is 39.4 Å². The summed E-state index contributed by atoms with van der Waals surface area (Å²) in [5.41, 5.74) is 11.7. The van der Waals surface area contributed by atoms with Crippen molar-refractivity contribution >= 4 is 105 Å². The molecule has 6 aliphatic rings. The van der Waals surface area contributed by atoms with Gasteiger partial charge in [0.1, 0.15) is 52.6 Å². The summed E-state index contributed by atoms with van der Waals surface area (Å²) in [7, 11) is 1.73. The van der Waals surface area contributed by atoms with E-state index in [4.69, 9.17) is 25.5 Å². The third kappa shape index (κ3) is 13.1. The SMILES string of the molecule is C=C1/C(=C/c2cnn3c(NC4CC4)cc(Nc4ccc(C#N)cc4)nc23)CC(=O)N1C.C=C1NC(=O)C/C1=C\c1cnn2c(NC3CC3)cc(Nc3ccc(-n4ccnc4)cn3)nc12.C=C1NC(=O)C/C1=C\c1cnn2c(NC3CC3)cc(Nc3ccc(C#N)cn3)nc12. The zero-order chi connectivity index (χ0) is 64.6. The predicted molar refractivity (Wildman–Crippen MR) is 354 cm³/mol. The fourth-order valence-corrected chi connectivity index (χ4v) is 10.5. The van der Waals surface area contributed by atoms with Crippen molar-refractivity contribution in [2.75, 3.05) is 38.9 Å². The van der Waals surface area contributed by atoms with Crippen LogP contribution in [0.1, 0.15) is 85.6 Å². The van der Waals surface area contributed by atoms with Crippen LogP contribution < -0.4 is 42.5 Å². The molecular weight excluding hydrogens is 1190 g/mol. The van der Waals surface area contributed by atoms with Crippen molar-refractivity contribution in [3.05, 3.63) is 198 Å². The number of amides is 3. The molecule has 3 aliphatic heterocycles. The van der Waals surface area contributed by atoms with Gasteiger partial charge in [-0.15, -0.1) is 0 Å². The first-order valence-electron chi connectivity index (χ1n) is 30.4. The van der Waals surface area contributed by atoms with E-state index in [2.05, 4.69) is 105 Å². The number of likely N-dealkylation sites (N-methyl/N-ethyl adjacent to an activating group) is 1. The van der Waals surface area contributed by atoms with Crippen molar-refractivity contribution in [2.45, 2.75) is 75.9 Å². The molecule has 27 heteroatoms. The molecule has 3 aliphatic carbocycles. The number of carbonyl (C=O) groups is 3. The molecule has 3 saturated carbocycles. The largest absolute Gasteiger partial charge is 0.367 e. The summed E-state index contributed by atoms with van der Waals surface area (Å²) in [6, 6.07) is 25.7. The number of rotatable bonds is 16. The zero-order valence-corrected chi connectivity index (χ0v) is 50.8. The highest BCUT2D eigenvalue weighted by molar-refractivity contribution is 5.92. The highest BCUT2D eigenvalue weighted by Gasteiger charge is 2.29. The standard InChI is InChI=1S/C23H21N9O.C23H21N7O.C21H18N8O/c1-14-15(9-22(33)27-14)8-16-11-26-32-21(28-17-2-3-17)10-20(30-23(16)32)29-19-5-4-18(12-25-19)31-7-6-24-13-31;1-14-16(10-22(31)29(14)2)9-17-13-25-30-21(27-19-7-8-19)11-20(28-23(17)30)26-18-5-3-15(12-24)4-6-18;1-12-14(7-20(30)25-12)6-15-11-24-29-19(26-16-3-4-16)8-18(28-21(15)29)27-17-5-2-13(9-22)10-23-17/h4-8,10-13,17,28H,1-3,9H2,(H,27,33)(H,25,29,30);3-6,9,11,13,19,27H,1,7-8,10H2,2H3,(H,26,28);2,5-6,8,10-11,16,26H,1,3-4,7H2,(H,25,30)(H,23,27,28)/b15-8+;16-9+;14-6+. The molecule has 9 aromatic heterocycles. The molecule has 8 N–H and O–H groups in total. The molecule has 16 rings (SSSR count). The molecule has 1 aromatic carbocycles. The van der Waals surface area contributed by atoms with Crippen LogP contribution >= 0.6 is 0 Å². The molecule has 466 valence electrons. The van der Waals surface area contributed by atoms with Crippen molar-refractivity contribution in [3.8, 4) is 17.8 Å². The number of allylic oxidation sites excluding steroid dienone is 3.